The summed E-state index contributed by atoms with van der Waals surface area (Å²) in [4.78, 5) is 11.1. The molecule has 1 atom stereocenters. The predicted octanol–water partition coefficient (Wildman–Crippen LogP) is 2.03. The summed E-state index contributed by atoms with van der Waals surface area (Å²) in [6.45, 7) is 2.68. The first-order valence-electron chi connectivity index (χ1n) is 4.84. The lowest BCUT2D eigenvalue weighted by Crippen LogP contribution is -2.35. The summed E-state index contributed by atoms with van der Waals surface area (Å²) in [5.74, 6) is -0.812. The second-order valence-electron chi connectivity index (χ2n) is 3.79. The van der Waals surface area contributed by atoms with Crippen molar-refractivity contribution >= 4 is 21.9 Å². The number of fused-ring (bicyclic) bond motifs is 1. The zero-order valence-corrected chi connectivity index (χ0v) is 9.97. The van der Waals surface area contributed by atoms with Gasteiger partial charge < -0.3 is 10.4 Å². The molecular weight excluding hydrogens is 258 g/mol. The third-order valence-corrected chi connectivity index (χ3v) is 3.36. The molecule has 1 heterocycles. The zero-order chi connectivity index (χ0) is 11.0. The van der Waals surface area contributed by atoms with E-state index in [2.05, 4.69) is 21.2 Å². The lowest BCUT2D eigenvalue weighted by molar-refractivity contribution is -0.139. The van der Waals surface area contributed by atoms with Crippen LogP contribution in [0.1, 0.15) is 22.7 Å². The van der Waals surface area contributed by atoms with Gasteiger partial charge in [-0.05, 0) is 36.1 Å². The molecule has 0 bridgehead atoms. The van der Waals surface area contributed by atoms with Crippen molar-refractivity contribution in [2.75, 3.05) is 6.54 Å². The first kappa shape index (κ1) is 10.6. The Kier molecular flexibility index (Phi) is 2.80. The van der Waals surface area contributed by atoms with Crippen molar-refractivity contribution in [3.8, 4) is 0 Å². The Hall–Kier alpha value is -0.870. The summed E-state index contributed by atoms with van der Waals surface area (Å²) in [6, 6.07) is 3.42. The van der Waals surface area contributed by atoms with Crippen molar-refractivity contribution in [2.24, 2.45) is 0 Å². The number of carbonyl (C=O) groups is 1. The zero-order valence-electron chi connectivity index (χ0n) is 8.38. The number of aliphatic carboxylic acids is 1. The van der Waals surface area contributed by atoms with Crippen LogP contribution in [0.3, 0.4) is 0 Å². The second kappa shape index (κ2) is 3.94. The Morgan fingerprint density at radius 1 is 1.60 bits per heavy atom. The van der Waals surface area contributed by atoms with Crippen molar-refractivity contribution < 1.29 is 9.90 Å². The van der Waals surface area contributed by atoms with Gasteiger partial charge in [-0.1, -0.05) is 22.0 Å². The fraction of sp³-hybridized carbons (Fsp3) is 0.364. The Labute approximate surface area is 96.6 Å². The van der Waals surface area contributed by atoms with Gasteiger partial charge in [0.2, 0.25) is 0 Å². The van der Waals surface area contributed by atoms with Crippen LogP contribution in [0.4, 0.5) is 0 Å². The van der Waals surface area contributed by atoms with Crippen LogP contribution in [0.15, 0.2) is 16.6 Å². The number of carboxylic acid groups (broad SMARTS) is 1. The number of benzene rings is 1. The van der Waals surface area contributed by atoms with Crippen LogP contribution in [-0.4, -0.2) is 17.6 Å². The molecule has 1 unspecified atom stereocenters. The van der Waals surface area contributed by atoms with Crippen LogP contribution in [0.25, 0.3) is 0 Å². The van der Waals surface area contributed by atoms with E-state index in [1.165, 1.54) is 0 Å². The minimum absolute atomic E-state index is 0.565. The van der Waals surface area contributed by atoms with Crippen LogP contribution in [-0.2, 0) is 11.2 Å². The molecule has 1 aliphatic rings. The van der Waals surface area contributed by atoms with Crippen molar-refractivity contribution in [3.05, 3.63) is 33.3 Å². The molecule has 15 heavy (non-hydrogen) atoms. The monoisotopic (exact) mass is 269 g/mol. The normalized spacial score (nSPS) is 19.7. The Morgan fingerprint density at radius 3 is 3.00 bits per heavy atom. The summed E-state index contributed by atoms with van der Waals surface area (Å²) < 4.78 is 1.02. The summed E-state index contributed by atoms with van der Waals surface area (Å²) in [5.41, 5.74) is 3.09. The fourth-order valence-electron chi connectivity index (χ4n) is 1.99. The largest absolute Gasteiger partial charge is 0.480 e. The molecule has 0 aliphatic carbocycles. The van der Waals surface area contributed by atoms with Gasteiger partial charge in [0.1, 0.15) is 6.04 Å². The van der Waals surface area contributed by atoms with Crippen LogP contribution < -0.4 is 5.32 Å². The molecular formula is C11H12BrNO2. The van der Waals surface area contributed by atoms with Crippen molar-refractivity contribution in [1.29, 1.82) is 0 Å². The van der Waals surface area contributed by atoms with E-state index in [0.717, 1.165) is 27.6 Å². The summed E-state index contributed by atoms with van der Waals surface area (Å²) in [6.07, 6.45) is 0.875. The van der Waals surface area contributed by atoms with E-state index in [1.807, 2.05) is 19.1 Å². The van der Waals surface area contributed by atoms with E-state index in [1.54, 1.807) is 0 Å². The van der Waals surface area contributed by atoms with Gasteiger partial charge in [-0.25, -0.2) is 0 Å². The standard InChI is InChI=1S/C11H12BrNO2/c1-6-4-8-7(9(12)5-6)2-3-13-10(8)11(14)15/h4-5,10,13H,2-3H2,1H3,(H,14,15). The second-order valence-corrected chi connectivity index (χ2v) is 4.64. The molecule has 2 N–H and O–H groups in total. The third-order valence-electron chi connectivity index (χ3n) is 2.66. The minimum atomic E-state index is -0.812. The molecule has 3 nitrogen and oxygen atoms in total. The van der Waals surface area contributed by atoms with Gasteiger partial charge in [0.25, 0.3) is 0 Å². The molecule has 0 fully saturated rings. The van der Waals surface area contributed by atoms with E-state index in [9.17, 15) is 4.79 Å². The third kappa shape index (κ3) is 1.92. The highest BCUT2D eigenvalue weighted by atomic mass is 79.9. The highest BCUT2D eigenvalue weighted by molar-refractivity contribution is 9.10. The minimum Gasteiger partial charge on any atom is -0.480 e. The number of hydrogen-bond acceptors (Lipinski definition) is 2. The number of aryl methyl sites for hydroxylation is 1. The van der Waals surface area contributed by atoms with Crippen molar-refractivity contribution in [1.82, 2.24) is 5.32 Å². The highest BCUT2D eigenvalue weighted by Crippen LogP contribution is 2.30. The summed E-state index contributed by atoms with van der Waals surface area (Å²) in [5, 5.41) is 12.1. The molecule has 4 heteroatoms. The summed E-state index contributed by atoms with van der Waals surface area (Å²) in [7, 11) is 0. The van der Waals surface area contributed by atoms with Gasteiger partial charge in [-0.15, -0.1) is 0 Å². The van der Waals surface area contributed by atoms with E-state index < -0.39 is 12.0 Å². The maximum absolute atomic E-state index is 11.1. The number of hydrogen-bond donors (Lipinski definition) is 2. The topological polar surface area (TPSA) is 49.3 Å². The van der Waals surface area contributed by atoms with Crippen molar-refractivity contribution in [2.45, 2.75) is 19.4 Å². The Balaban J connectivity index is 2.55. The predicted molar refractivity (Wildman–Crippen MR) is 61.0 cm³/mol. The molecule has 1 aromatic carbocycles. The van der Waals surface area contributed by atoms with Crippen molar-refractivity contribution in [3.63, 3.8) is 0 Å². The molecule has 80 valence electrons. The average molecular weight is 270 g/mol. The van der Waals surface area contributed by atoms with Crippen LogP contribution in [0, 0.1) is 6.92 Å². The SMILES string of the molecule is Cc1cc(Br)c2c(c1)C(C(=O)O)NCC2. The Morgan fingerprint density at radius 2 is 2.33 bits per heavy atom. The molecule has 0 saturated carbocycles. The van der Waals surface area contributed by atoms with E-state index in [4.69, 9.17) is 5.11 Å². The number of nitrogens with one attached hydrogen (secondary N) is 1. The van der Waals surface area contributed by atoms with Gasteiger partial charge in [0, 0.05) is 11.0 Å². The van der Waals surface area contributed by atoms with E-state index >= 15 is 0 Å². The molecule has 0 spiro atoms. The maximum Gasteiger partial charge on any atom is 0.325 e. The Bertz CT molecular complexity index is 417. The molecule has 0 amide bonds. The number of halogens is 1. The smallest absolute Gasteiger partial charge is 0.325 e. The quantitative estimate of drug-likeness (QED) is 0.820. The van der Waals surface area contributed by atoms with Gasteiger partial charge >= 0.3 is 5.97 Å². The van der Waals surface area contributed by atoms with Gasteiger partial charge in [0.05, 0.1) is 0 Å². The fourth-order valence-corrected chi connectivity index (χ4v) is 2.78. The average Bonchev–Trinajstić information content (AvgIpc) is 2.16. The van der Waals surface area contributed by atoms with E-state index in [0.29, 0.717) is 6.54 Å². The van der Waals surface area contributed by atoms with Crippen LogP contribution in [0.5, 0.6) is 0 Å². The van der Waals surface area contributed by atoms with E-state index in [-0.39, 0.29) is 0 Å². The number of rotatable bonds is 1. The van der Waals surface area contributed by atoms with Crippen LogP contribution >= 0.6 is 15.9 Å². The maximum atomic E-state index is 11.1. The van der Waals surface area contributed by atoms with Gasteiger partial charge in [-0.2, -0.15) is 0 Å². The lowest BCUT2D eigenvalue weighted by atomic mass is 9.93. The summed E-state index contributed by atoms with van der Waals surface area (Å²) >= 11 is 3.49. The molecule has 0 radical (unpaired) electrons. The van der Waals surface area contributed by atoms with Gasteiger partial charge in [-0.3, -0.25) is 4.79 Å². The molecule has 1 aromatic rings. The molecule has 2 rings (SSSR count). The lowest BCUT2D eigenvalue weighted by Gasteiger charge is -2.25. The molecule has 0 saturated heterocycles. The number of carboxylic acids is 1. The first-order valence-corrected chi connectivity index (χ1v) is 5.64. The molecule has 1 aliphatic heterocycles. The van der Waals surface area contributed by atoms with Crippen LogP contribution in [0.2, 0.25) is 0 Å². The molecule has 0 aromatic heterocycles. The first-order chi connectivity index (χ1) is 7.09. The highest BCUT2D eigenvalue weighted by Gasteiger charge is 2.26. The van der Waals surface area contributed by atoms with Gasteiger partial charge in [0.15, 0.2) is 0 Å².